The minimum Gasteiger partial charge on any atom is -0.350 e. The van der Waals surface area contributed by atoms with Gasteiger partial charge >= 0.3 is 6.36 Å². The lowest BCUT2D eigenvalue weighted by atomic mass is 9.93. The second kappa shape index (κ2) is 7.81. The molecule has 3 aromatic heterocycles. The van der Waals surface area contributed by atoms with Gasteiger partial charge < -0.3 is 5.32 Å². The minimum atomic E-state index is -4.58. The van der Waals surface area contributed by atoms with Gasteiger partial charge in [0.15, 0.2) is 0 Å². The summed E-state index contributed by atoms with van der Waals surface area (Å²) in [4.78, 5) is 8.79. The molecule has 0 amide bonds. The highest BCUT2D eigenvalue weighted by Gasteiger charge is 2.35. The van der Waals surface area contributed by atoms with Gasteiger partial charge in [0.25, 0.3) is 0 Å². The van der Waals surface area contributed by atoms with Crippen LogP contribution >= 0.6 is 0 Å². The van der Waals surface area contributed by atoms with Crippen LogP contribution in [0.2, 0.25) is 0 Å². The van der Waals surface area contributed by atoms with Crippen molar-refractivity contribution in [3.05, 3.63) is 55.0 Å². The minimum absolute atomic E-state index is 0.0218. The Morgan fingerprint density at radius 3 is 2.68 bits per heavy atom. The van der Waals surface area contributed by atoms with Crippen molar-refractivity contribution in [1.82, 2.24) is 19.6 Å². The van der Waals surface area contributed by atoms with Crippen molar-refractivity contribution in [3.8, 4) is 11.1 Å². The van der Waals surface area contributed by atoms with E-state index < -0.39 is 12.5 Å². The molecule has 9 heteroatoms. The van der Waals surface area contributed by atoms with E-state index in [9.17, 15) is 13.2 Å². The summed E-state index contributed by atoms with van der Waals surface area (Å²) < 4.78 is 43.0. The molecule has 1 fully saturated rings. The average Bonchev–Trinajstić information content (AvgIpc) is 3.17. The molecule has 0 bridgehead atoms. The van der Waals surface area contributed by atoms with E-state index in [1.165, 1.54) is 0 Å². The van der Waals surface area contributed by atoms with Gasteiger partial charge in [-0.2, -0.15) is 0 Å². The summed E-state index contributed by atoms with van der Waals surface area (Å²) in [5.41, 5.74) is 3.88. The lowest BCUT2D eigenvalue weighted by Crippen LogP contribution is -2.33. The summed E-state index contributed by atoms with van der Waals surface area (Å²) in [5, 5.41) is 8.83. The predicted molar refractivity (Wildman–Crippen MR) is 111 cm³/mol. The number of benzene rings is 1. The standard InChI is InChI=1S/C22H20F3N5O/c23-22(24,25)31-17-6-4-16(5-7-17)28-21-27-13-20-18(9-11-30(20)29-21)14-3-8-19-15(12-14)2-1-10-26-19/h1-3,8-13,16-17H,4-7H2,(H,28,29). The molecule has 1 aromatic carbocycles. The van der Waals surface area contributed by atoms with Crippen LogP contribution in [0.15, 0.2) is 55.0 Å². The number of nitrogens with one attached hydrogen (secondary N) is 1. The summed E-state index contributed by atoms with van der Waals surface area (Å²) in [5.74, 6) is 0.456. The third-order valence-corrected chi connectivity index (χ3v) is 5.64. The summed E-state index contributed by atoms with van der Waals surface area (Å²) in [7, 11) is 0. The van der Waals surface area contributed by atoms with Crippen LogP contribution in [-0.4, -0.2) is 38.1 Å². The van der Waals surface area contributed by atoms with E-state index in [-0.39, 0.29) is 6.04 Å². The Morgan fingerprint density at radius 1 is 1.03 bits per heavy atom. The molecule has 3 heterocycles. The number of fused-ring (bicyclic) bond motifs is 2. The topological polar surface area (TPSA) is 64.3 Å². The fraction of sp³-hybridized carbons (Fsp3) is 0.318. The Hall–Kier alpha value is -3.20. The smallest absolute Gasteiger partial charge is 0.350 e. The number of ether oxygens (including phenoxy) is 1. The first kappa shape index (κ1) is 19.7. The zero-order chi connectivity index (χ0) is 21.4. The van der Waals surface area contributed by atoms with Crippen LogP contribution < -0.4 is 5.32 Å². The van der Waals surface area contributed by atoms with Gasteiger partial charge in [-0.05, 0) is 55.5 Å². The van der Waals surface area contributed by atoms with Crippen molar-refractivity contribution in [1.29, 1.82) is 0 Å². The number of nitrogens with zero attached hydrogens (tertiary/aromatic N) is 4. The molecule has 1 aliphatic rings. The molecule has 5 rings (SSSR count). The number of alkyl halides is 3. The molecule has 0 saturated heterocycles. The summed E-state index contributed by atoms with van der Waals surface area (Å²) >= 11 is 0. The van der Waals surface area contributed by atoms with Gasteiger partial charge in [0, 0.05) is 29.4 Å². The largest absolute Gasteiger partial charge is 0.522 e. The van der Waals surface area contributed by atoms with Gasteiger partial charge in [0.05, 0.1) is 23.3 Å². The van der Waals surface area contributed by atoms with Crippen LogP contribution in [0.5, 0.6) is 0 Å². The number of halogens is 3. The molecule has 0 atom stereocenters. The Labute approximate surface area is 176 Å². The first-order chi connectivity index (χ1) is 14.9. The van der Waals surface area contributed by atoms with E-state index in [0.29, 0.717) is 31.6 Å². The van der Waals surface area contributed by atoms with Crippen molar-refractivity contribution in [2.45, 2.75) is 44.2 Å². The van der Waals surface area contributed by atoms with Gasteiger partial charge in [-0.25, -0.2) is 9.50 Å². The van der Waals surface area contributed by atoms with Crippen LogP contribution in [-0.2, 0) is 4.74 Å². The molecule has 1 aliphatic carbocycles. The number of rotatable bonds is 4. The predicted octanol–water partition coefficient (Wildman–Crippen LogP) is 5.20. The number of aromatic nitrogens is 4. The highest BCUT2D eigenvalue weighted by Crippen LogP contribution is 2.30. The highest BCUT2D eigenvalue weighted by atomic mass is 19.4. The van der Waals surface area contributed by atoms with Crippen molar-refractivity contribution < 1.29 is 17.9 Å². The zero-order valence-electron chi connectivity index (χ0n) is 16.5. The summed E-state index contributed by atoms with van der Waals surface area (Å²) in [6.45, 7) is 0. The van der Waals surface area contributed by atoms with Gasteiger partial charge in [0.1, 0.15) is 0 Å². The maximum Gasteiger partial charge on any atom is 0.522 e. The number of hydrogen-bond donors (Lipinski definition) is 1. The highest BCUT2D eigenvalue weighted by molar-refractivity contribution is 5.88. The van der Waals surface area contributed by atoms with Crippen molar-refractivity contribution in [2.75, 3.05) is 5.32 Å². The van der Waals surface area contributed by atoms with E-state index in [4.69, 9.17) is 0 Å². The maximum atomic E-state index is 12.4. The lowest BCUT2D eigenvalue weighted by molar-refractivity contribution is -0.345. The summed E-state index contributed by atoms with van der Waals surface area (Å²) in [6.07, 6.45) is 1.91. The van der Waals surface area contributed by atoms with E-state index in [1.807, 2.05) is 36.5 Å². The third-order valence-electron chi connectivity index (χ3n) is 5.64. The van der Waals surface area contributed by atoms with Gasteiger partial charge in [-0.15, -0.1) is 18.3 Å². The van der Waals surface area contributed by atoms with E-state index in [1.54, 1.807) is 16.9 Å². The van der Waals surface area contributed by atoms with Crippen LogP contribution in [0.1, 0.15) is 25.7 Å². The monoisotopic (exact) mass is 427 g/mol. The second-order valence-corrected chi connectivity index (χ2v) is 7.73. The van der Waals surface area contributed by atoms with E-state index in [0.717, 1.165) is 27.5 Å². The van der Waals surface area contributed by atoms with Crippen molar-refractivity contribution >= 4 is 22.4 Å². The Kier molecular flexibility index (Phi) is 4.97. The molecule has 1 N–H and O–H groups in total. The fourth-order valence-electron chi connectivity index (χ4n) is 4.15. The first-order valence-corrected chi connectivity index (χ1v) is 10.2. The van der Waals surface area contributed by atoms with Crippen molar-refractivity contribution in [2.24, 2.45) is 0 Å². The molecule has 31 heavy (non-hydrogen) atoms. The van der Waals surface area contributed by atoms with E-state index in [2.05, 4.69) is 31.2 Å². The Bertz CT molecular complexity index is 1210. The quantitative estimate of drug-likeness (QED) is 0.485. The second-order valence-electron chi connectivity index (χ2n) is 7.73. The molecule has 1 saturated carbocycles. The van der Waals surface area contributed by atoms with Crippen molar-refractivity contribution in [3.63, 3.8) is 0 Å². The van der Waals surface area contributed by atoms with Gasteiger partial charge in [-0.1, -0.05) is 12.1 Å². The van der Waals surface area contributed by atoms with Gasteiger partial charge in [0.2, 0.25) is 5.95 Å². The summed E-state index contributed by atoms with van der Waals surface area (Å²) in [6, 6.07) is 12.1. The normalized spacial score (nSPS) is 19.7. The van der Waals surface area contributed by atoms with Crippen LogP contribution in [0.4, 0.5) is 19.1 Å². The molecule has 0 radical (unpaired) electrons. The average molecular weight is 427 g/mol. The maximum absolute atomic E-state index is 12.4. The van der Waals surface area contributed by atoms with E-state index >= 15 is 0 Å². The third kappa shape index (κ3) is 4.32. The molecule has 0 unspecified atom stereocenters. The molecule has 6 nitrogen and oxygen atoms in total. The molecular weight excluding hydrogens is 407 g/mol. The first-order valence-electron chi connectivity index (χ1n) is 10.2. The van der Waals surface area contributed by atoms with Gasteiger partial charge in [-0.3, -0.25) is 9.72 Å². The number of pyridine rings is 1. The zero-order valence-corrected chi connectivity index (χ0v) is 16.5. The SMILES string of the molecule is FC(F)(F)OC1CCC(Nc2ncc3c(-c4ccc5ncccc5c4)ccn3n2)CC1. The number of anilines is 1. The Balaban J connectivity index is 1.30. The lowest BCUT2D eigenvalue weighted by Gasteiger charge is -2.29. The molecule has 0 aliphatic heterocycles. The number of hydrogen-bond acceptors (Lipinski definition) is 5. The van der Waals surface area contributed by atoms with Crippen LogP contribution in [0.25, 0.3) is 27.5 Å². The molecule has 0 spiro atoms. The molecule has 160 valence electrons. The fourth-order valence-corrected chi connectivity index (χ4v) is 4.15. The van der Waals surface area contributed by atoms with Crippen LogP contribution in [0, 0.1) is 0 Å². The molecule has 4 aromatic rings. The van der Waals surface area contributed by atoms with Crippen LogP contribution in [0.3, 0.4) is 0 Å². The molecular formula is C22H20F3N5O. The Morgan fingerprint density at radius 2 is 1.87 bits per heavy atom.